The minimum Gasteiger partial charge on any atom is -0.495 e. The van der Waals surface area contributed by atoms with Gasteiger partial charge >= 0.3 is 0 Å². The second-order valence-electron chi connectivity index (χ2n) is 4.42. The molecule has 0 saturated carbocycles. The van der Waals surface area contributed by atoms with Crippen molar-refractivity contribution in [3.05, 3.63) is 23.8 Å². The van der Waals surface area contributed by atoms with Gasteiger partial charge in [-0.15, -0.1) is 0 Å². The van der Waals surface area contributed by atoms with Gasteiger partial charge in [-0.1, -0.05) is 13.0 Å². The summed E-state index contributed by atoms with van der Waals surface area (Å²) < 4.78 is 5.39. The molecule has 1 aliphatic rings. The largest absolute Gasteiger partial charge is 0.495 e. The summed E-state index contributed by atoms with van der Waals surface area (Å²) in [5.74, 6) is 2.14. The second kappa shape index (κ2) is 5.00. The van der Waals surface area contributed by atoms with E-state index in [9.17, 15) is 0 Å². The minimum atomic E-state index is 0.580. The number of anilines is 1. The summed E-state index contributed by atoms with van der Waals surface area (Å²) in [6.07, 6.45) is 1.24. The van der Waals surface area contributed by atoms with Crippen molar-refractivity contribution < 1.29 is 4.74 Å². The maximum Gasteiger partial charge on any atom is 0.142 e. The molecule has 1 aromatic rings. The Morgan fingerprint density at radius 2 is 2.25 bits per heavy atom. The van der Waals surface area contributed by atoms with E-state index < -0.39 is 0 Å². The number of benzene rings is 1. The number of hydrogen-bond acceptors (Lipinski definition) is 3. The van der Waals surface area contributed by atoms with E-state index in [0.29, 0.717) is 6.04 Å². The Kier molecular flexibility index (Phi) is 3.64. The Hall–Kier alpha value is -0.830. The Morgan fingerprint density at radius 3 is 2.88 bits per heavy atom. The first-order valence-corrected chi connectivity index (χ1v) is 6.76. The highest BCUT2D eigenvalue weighted by Crippen LogP contribution is 2.31. The van der Waals surface area contributed by atoms with E-state index in [1.54, 1.807) is 7.11 Å². The van der Waals surface area contributed by atoms with Crippen LogP contribution >= 0.6 is 11.8 Å². The van der Waals surface area contributed by atoms with Crippen molar-refractivity contribution in [1.82, 2.24) is 0 Å². The smallest absolute Gasteiger partial charge is 0.142 e. The van der Waals surface area contributed by atoms with Crippen molar-refractivity contribution >= 4 is 17.4 Å². The molecule has 1 saturated heterocycles. The fourth-order valence-electron chi connectivity index (χ4n) is 2.06. The van der Waals surface area contributed by atoms with E-state index in [0.717, 1.165) is 16.7 Å². The second-order valence-corrected chi connectivity index (χ2v) is 5.90. The zero-order valence-corrected chi connectivity index (χ0v) is 10.9. The predicted octanol–water partition coefficient (Wildman–Crippen LogP) is 3.31. The van der Waals surface area contributed by atoms with E-state index >= 15 is 0 Å². The van der Waals surface area contributed by atoms with E-state index in [1.807, 2.05) is 11.8 Å². The lowest BCUT2D eigenvalue weighted by atomic mass is 10.1. The average molecular weight is 237 g/mol. The first kappa shape index (κ1) is 11.6. The van der Waals surface area contributed by atoms with E-state index in [-0.39, 0.29) is 0 Å². The number of hydrogen-bond donors (Lipinski definition) is 1. The van der Waals surface area contributed by atoms with Crippen LogP contribution in [0.1, 0.15) is 18.9 Å². The molecule has 1 fully saturated rings. The molecule has 1 N–H and O–H groups in total. The maximum absolute atomic E-state index is 5.39. The molecule has 1 aromatic carbocycles. The lowest BCUT2D eigenvalue weighted by Gasteiger charge is -2.16. The van der Waals surface area contributed by atoms with E-state index in [2.05, 4.69) is 37.4 Å². The number of ether oxygens (including phenoxy) is 1. The van der Waals surface area contributed by atoms with Crippen LogP contribution in [0.25, 0.3) is 0 Å². The van der Waals surface area contributed by atoms with Crippen LogP contribution in [0.4, 0.5) is 5.69 Å². The third-order valence-electron chi connectivity index (χ3n) is 2.92. The number of rotatable bonds is 3. The van der Waals surface area contributed by atoms with Gasteiger partial charge in [0.1, 0.15) is 5.75 Å². The summed E-state index contributed by atoms with van der Waals surface area (Å²) in [7, 11) is 1.73. The Balaban J connectivity index is 2.08. The van der Waals surface area contributed by atoms with Gasteiger partial charge in [0.2, 0.25) is 0 Å². The van der Waals surface area contributed by atoms with Gasteiger partial charge in [-0.25, -0.2) is 0 Å². The quantitative estimate of drug-likeness (QED) is 0.871. The third kappa shape index (κ3) is 2.64. The Labute approximate surface area is 102 Å². The van der Waals surface area contributed by atoms with Crippen molar-refractivity contribution in [3.8, 4) is 5.75 Å². The van der Waals surface area contributed by atoms with Gasteiger partial charge in [-0.3, -0.25) is 0 Å². The Morgan fingerprint density at radius 1 is 1.44 bits per heavy atom. The predicted molar refractivity (Wildman–Crippen MR) is 71.7 cm³/mol. The molecule has 2 rings (SSSR count). The van der Waals surface area contributed by atoms with Crippen LogP contribution in [0.15, 0.2) is 18.2 Å². The van der Waals surface area contributed by atoms with Crippen LogP contribution in [-0.2, 0) is 0 Å². The van der Waals surface area contributed by atoms with Gasteiger partial charge in [-0.2, -0.15) is 11.8 Å². The Bertz CT molecular complexity index is 367. The van der Waals surface area contributed by atoms with Crippen LogP contribution in [0.2, 0.25) is 0 Å². The highest BCUT2D eigenvalue weighted by atomic mass is 32.2. The van der Waals surface area contributed by atoms with Gasteiger partial charge in [0, 0.05) is 17.0 Å². The average Bonchev–Trinajstić information content (AvgIpc) is 2.67. The molecule has 16 heavy (non-hydrogen) atoms. The van der Waals surface area contributed by atoms with Crippen LogP contribution in [0, 0.1) is 6.92 Å². The third-order valence-corrected chi connectivity index (χ3v) is 4.27. The van der Waals surface area contributed by atoms with Crippen molar-refractivity contribution in [1.29, 1.82) is 0 Å². The summed E-state index contributed by atoms with van der Waals surface area (Å²) in [5.41, 5.74) is 2.35. The zero-order valence-electron chi connectivity index (χ0n) is 10.1. The molecule has 0 amide bonds. The molecule has 0 spiro atoms. The fourth-order valence-corrected chi connectivity index (χ4v) is 3.20. The van der Waals surface area contributed by atoms with Crippen LogP contribution in [-0.4, -0.2) is 24.2 Å². The lowest BCUT2D eigenvalue weighted by molar-refractivity contribution is 0.415. The topological polar surface area (TPSA) is 21.3 Å². The normalized spacial score (nSPS) is 24.4. The van der Waals surface area contributed by atoms with Crippen LogP contribution < -0.4 is 10.1 Å². The van der Waals surface area contributed by atoms with Gasteiger partial charge in [-0.05, 0) is 31.0 Å². The monoisotopic (exact) mass is 237 g/mol. The lowest BCUT2D eigenvalue weighted by Crippen LogP contribution is -2.19. The van der Waals surface area contributed by atoms with Crippen LogP contribution in [0.5, 0.6) is 5.75 Å². The van der Waals surface area contributed by atoms with Crippen LogP contribution in [0.3, 0.4) is 0 Å². The van der Waals surface area contributed by atoms with Crippen molar-refractivity contribution in [2.45, 2.75) is 31.6 Å². The molecule has 2 atom stereocenters. The summed E-state index contributed by atoms with van der Waals surface area (Å²) >= 11 is 2.04. The summed E-state index contributed by atoms with van der Waals surface area (Å²) in [6, 6.07) is 6.89. The molecule has 1 aliphatic heterocycles. The van der Waals surface area contributed by atoms with E-state index in [1.165, 1.54) is 17.7 Å². The SMILES string of the molecule is COc1cc(C)ccc1NC1CSC(C)C1. The number of nitrogens with one attached hydrogen (secondary N) is 1. The molecular weight excluding hydrogens is 218 g/mol. The molecule has 88 valence electrons. The number of thioether (sulfide) groups is 1. The molecule has 2 nitrogen and oxygen atoms in total. The molecule has 0 aromatic heterocycles. The first-order chi connectivity index (χ1) is 7.69. The first-order valence-electron chi connectivity index (χ1n) is 5.72. The summed E-state index contributed by atoms with van der Waals surface area (Å²) in [4.78, 5) is 0. The van der Waals surface area contributed by atoms with Gasteiger partial charge < -0.3 is 10.1 Å². The summed E-state index contributed by atoms with van der Waals surface area (Å²) in [6.45, 7) is 4.37. The summed E-state index contributed by atoms with van der Waals surface area (Å²) in [5, 5.41) is 4.34. The number of methoxy groups -OCH3 is 1. The molecule has 2 unspecified atom stereocenters. The van der Waals surface area contributed by atoms with Crippen molar-refractivity contribution in [2.75, 3.05) is 18.2 Å². The molecule has 0 radical (unpaired) electrons. The highest BCUT2D eigenvalue weighted by Gasteiger charge is 2.22. The fraction of sp³-hybridized carbons (Fsp3) is 0.538. The van der Waals surface area contributed by atoms with E-state index in [4.69, 9.17) is 4.74 Å². The zero-order chi connectivity index (χ0) is 11.5. The van der Waals surface area contributed by atoms with Crippen molar-refractivity contribution in [2.24, 2.45) is 0 Å². The maximum atomic E-state index is 5.39. The van der Waals surface area contributed by atoms with Gasteiger partial charge in [0.25, 0.3) is 0 Å². The van der Waals surface area contributed by atoms with Gasteiger partial charge in [0.15, 0.2) is 0 Å². The molecular formula is C13H19NOS. The standard InChI is InChI=1S/C13H19NOS/c1-9-4-5-12(13(6-9)15-3)14-11-7-10(2)16-8-11/h4-6,10-11,14H,7-8H2,1-3H3. The van der Waals surface area contributed by atoms with Gasteiger partial charge in [0.05, 0.1) is 12.8 Å². The molecule has 0 bridgehead atoms. The highest BCUT2D eigenvalue weighted by molar-refractivity contribution is 8.00. The number of aryl methyl sites for hydroxylation is 1. The molecule has 3 heteroatoms. The molecule has 0 aliphatic carbocycles. The minimum absolute atomic E-state index is 0.580. The van der Waals surface area contributed by atoms with Crippen molar-refractivity contribution in [3.63, 3.8) is 0 Å². The molecule has 1 heterocycles.